The Bertz CT molecular complexity index is 1020. The van der Waals surface area contributed by atoms with E-state index in [-0.39, 0.29) is 5.82 Å². The maximum absolute atomic E-state index is 13.1. The Labute approximate surface area is 169 Å². The predicted molar refractivity (Wildman–Crippen MR) is 112 cm³/mol. The Morgan fingerprint density at radius 3 is 2.24 bits per heavy atom. The Kier molecular flexibility index (Phi) is 5.25. The molecule has 146 valence electrons. The molecule has 0 spiro atoms. The van der Waals surface area contributed by atoms with Crippen LogP contribution in [0, 0.1) is 24.1 Å². The van der Waals surface area contributed by atoms with Crippen molar-refractivity contribution in [1.82, 2.24) is 9.97 Å². The summed E-state index contributed by atoms with van der Waals surface area (Å²) in [6.07, 6.45) is 0. The zero-order chi connectivity index (χ0) is 20.2. The molecule has 1 aromatic heterocycles. The lowest BCUT2D eigenvalue weighted by atomic mass is 10.2. The summed E-state index contributed by atoms with van der Waals surface area (Å²) in [5.74, 6) is 1.20. The molecule has 1 saturated heterocycles. The summed E-state index contributed by atoms with van der Waals surface area (Å²) in [5, 5.41) is 12.2. The first-order valence-corrected chi connectivity index (χ1v) is 9.49. The molecule has 0 radical (unpaired) electrons. The smallest absolute Gasteiger partial charge is 0.227 e. The highest BCUT2D eigenvalue weighted by Crippen LogP contribution is 2.22. The largest absolute Gasteiger partial charge is 0.368 e. The number of piperazine rings is 1. The number of nitriles is 1. The van der Waals surface area contributed by atoms with Crippen molar-refractivity contribution in [1.29, 1.82) is 5.26 Å². The predicted octanol–water partition coefficient (Wildman–Crippen LogP) is 3.87. The van der Waals surface area contributed by atoms with Crippen LogP contribution in [0.25, 0.3) is 0 Å². The van der Waals surface area contributed by atoms with Crippen LogP contribution in [-0.2, 0) is 0 Å². The summed E-state index contributed by atoms with van der Waals surface area (Å²) >= 11 is 0. The molecule has 2 heterocycles. The molecule has 1 aliphatic rings. The molecule has 0 saturated carbocycles. The van der Waals surface area contributed by atoms with Gasteiger partial charge in [-0.2, -0.15) is 10.2 Å². The second kappa shape index (κ2) is 8.15. The molecule has 0 aliphatic carbocycles. The van der Waals surface area contributed by atoms with Gasteiger partial charge in [0.05, 0.1) is 11.6 Å². The van der Waals surface area contributed by atoms with Crippen molar-refractivity contribution < 1.29 is 4.39 Å². The summed E-state index contributed by atoms with van der Waals surface area (Å²) < 4.78 is 13.1. The van der Waals surface area contributed by atoms with Crippen LogP contribution >= 0.6 is 0 Å². The van der Waals surface area contributed by atoms with Crippen molar-refractivity contribution in [3.05, 3.63) is 71.7 Å². The second-order valence-corrected chi connectivity index (χ2v) is 6.96. The fraction of sp³-hybridized carbons (Fsp3) is 0.227. The molecule has 0 atom stereocenters. The van der Waals surface area contributed by atoms with E-state index >= 15 is 0 Å². The van der Waals surface area contributed by atoms with Gasteiger partial charge in [0.2, 0.25) is 5.95 Å². The minimum Gasteiger partial charge on any atom is -0.368 e. The van der Waals surface area contributed by atoms with E-state index in [4.69, 9.17) is 5.26 Å². The lowest BCUT2D eigenvalue weighted by Crippen LogP contribution is -2.47. The zero-order valence-corrected chi connectivity index (χ0v) is 16.1. The SMILES string of the molecule is Cc1cc(Nc2ccc(C#N)cc2)nc(N2CCN(c3ccc(F)cc3)CC2)n1. The van der Waals surface area contributed by atoms with Crippen LogP contribution in [0.1, 0.15) is 11.3 Å². The Hall–Kier alpha value is -3.66. The molecule has 1 aliphatic heterocycles. The van der Waals surface area contributed by atoms with Gasteiger partial charge < -0.3 is 15.1 Å². The van der Waals surface area contributed by atoms with Crippen molar-refractivity contribution in [3.63, 3.8) is 0 Å². The van der Waals surface area contributed by atoms with E-state index in [1.54, 1.807) is 12.1 Å². The minimum absolute atomic E-state index is 0.220. The summed E-state index contributed by atoms with van der Waals surface area (Å²) in [6, 6.07) is 17.9. The Morgan fingerprint density at radius 1 is 0.931 bits per heavy atom. The highest BCUT2D eigenvalue weighted by atomic mass is 19.1. The van der Waals surface area contributed by atoms with Gasteiger partial charge in [0.1, 0.15) is 11.6 Å². The fourth-order valence-corrected chi connectivity index (χ4v) is 3.35. The van der Waals surface area contributed by atoms with Gasteiger partial charge >= 0.3 is 0 Å². The topological polar surface area (TPSA) is 68.1 Å². The molecule has 0 amide bonds. The maximum atomic E-state index is 13.1. The van der Waals surface area contributed by atoms with Gasteiger partial charge in [-0.3, -0.25) is 0 Å². The first-order valence-electron chi connectivity index (χ1n) is 9.49. The van der Waals surface area contributed by atoms with Crippen LogP contribution in [0.4, 0.5) is 27.5 Å². The number of anilines is 4. The van der Waals surface area contributed by atoms with E-state index in [1.165, 1.54) is 12.1 Å². The zero-order valence-electron chi connectivity index (χ0n) is 16.1. The molecule has 2 aromatic carbocycles. The second-order valence-electron chi connectivity index (χ2n) is 6.96. The van der Waals surface area contributed by atoms with Crippen LogP contribution in [0.3, 0.4) is 0 Å². The minimum atomic E-state index is -0.220. The summed E-state index contributed by atoms with van der Waals surface area (Å²) in [4.78, 5) is 13.7. The lowest BCUT2D eigenvalue weighted by Gasteiger charge is -2.36. The van der Waals surface area contributed by atoms with Gasteiger partial charge in [0.25, 0.3) is 0 Å². The highest BCUT2D eigenvalue weighted by molar-refractivity contribution is 5.59. The maximum Gasteiger partial charge on any atom is 0.227 e. The van der Waals surface area contributed by atoms with Gasteiger partial charge in [0.15, 0.2) is 0 Å². The average molecular weight is 388 g/mol. The van der Waals surface area contributed by atoms with Crippen LogP contribution in [0.5, 0.6) is 0 Å². The molecule has 1 fully saturated rings. The summed E-state index contributed by atoms with van der Waals surface area (Å²) in [5.41, 5.74) is 3.40. The third kappa shape index (κ3) is 4.43. The van der Waals surface area contributed by atoms with Gasteiger partial charge in [-0.25, -0.2) is 9.37 Å². The molecule has 6 nitrogen and oxygen atoms in total. The molecule has 3 aromatic rings. The van der Waals surface area contributed by atoms with Gasteiger partial charge in [-0.05, 0) is 55.5 Å². The van der Waals surface area contributed by atoms with Crippen molar-refractivity contribution in [2.75, 3.05) is 41.3 Å². The molecular formula is C22H21FN6. The van der Waals surface area contributed by atoms with E-state index in [1.807, 2.05) is 37.3 Å². The monoisotopic (exact) mass is 388 g/mol. The van der Waals surface area contributed by atoms with Gasteiger partial charge in [-0.15, -0.1) is 0 Å². The molecular weight excluding hydrogens is 367 g/mol. The standard InChI is InChI=1S/C22H21FN6/c1-16-14-21(26-19-6-2-17(15-24)3-7-19)27-22(25-16)29-12-10-28(11-13-29)20-8-4-18(23)5-9-20/h2-9,14H,10-13H2,1H3,(H,25,26,27). The van der Waals surface area contributed by atoms with Gasteiger partial charge in [0, 0.05) is 49.3 Å². The quantitative estimate of drug-likeness (QED) is 0.732. The van der Waals surface area contributed by atoms with E-state index in [0.29, 0.717) is 11.5 Å². The number of hydrogen-bond acceptors (Lipinski definition) is 6. The van der Waals surface area contributed by atoms with Crippen molar-refractivity contribution in [2.24, 2.45) is 0 Å². The van der Waals surface area contributed by atoms with E-state index < -0.39 is 0 Å². The fourth-order valence-electron chi connectivity index (χ4n) is 3.35. The average Bonchev–Trinajstić information content (AvgIpc) is 2.75. The molecule has 0 unspecified atom stereocenters. The van der Waals surface area contributed by atoms with Crippen LogP contribution in [-0.4, -0.2) is 36.1 Å². The van der Waals surface area contributed by atoms with Crippen LogP contribution in [0.2, 0.25) is 0 Å². The third-order valence-corrected chi connectivity index (χ3v) is 4.88. The van der Waals surface area contributed by atoms with Crippen molar-refractivity contribution >= 4 is 23.1 Å². The highest BCUT2D eigenvalue weighted by Gasteiger charge is 2.20. The van der Waals surface area contributed by atoms with Crippen molar-refractivity contribution in [2.45, 2.75) is 6.92 Å². The Morgan fingerprint density at radius 2 is 1.59 bits per heavy atom. The normalized spacial score (nSPS) is 13.8. The van der Waals surface area contributed by atoms with Crippen LogP contribution in [0.15, 0.2) is 54.6 Å². The number of aromatic nitrogens is 2. The number of aryl methyl sites for hydroxylation is 1. The molecule has 29 heavy (non-hydrogen) atoms. The summed E-state index contributed by atoms with van der Waals surface area (Å²) in [7, 11) is 0. The number of benzene rings is 2. The molecule has 7 heteroatoms. The number of nitrogens with one attached hydrogen (secondary N) is 1. The number of nitrogens with zero attached hydrogens (tertiary/aromatic N) is 5. The molecule has 4 rings (SSSR count). The van der Waals surface area contributed by atoms with Crippen molar-refractivity contribution in [3.8, 4) is 6.07 Å². The third-order valence-electron chi connectivity index (χ3n) is 4.88. The Balaban J connectivity index is 1.45. The first kappa shape index (κ1) is 18.7. The molecule has 1 N–H and O–H groups in total. The molecule has 0 bridgehead atoms. The van der Waals surface area contributed by atoms with E-state index in [9.17, 15) is 4.39 Å². The number of halogens is 1. The van der Waals surface area contributed by atoms with Crippen LogP contribution < -0.4 is 15.1 Å². The van der Waals surface area contributed by atoms with E-state index in [2.05, 4.69) is 31.2 Å². The number of rotatable bonds is 4. The van der Waals surface area contributed by atoms with E-state index in [0.717, 1.165) is 49.1 Å². The first-order chi connectivity index (χ1) is 14.1. The summed E-state index contributed by atoms with van der Waals surface area (Å²) in [6.45, 7) is 5.17. The lowest BCUT2D eigenvalue weighted by molar-refractivity contribution is 0.623. The van der Waals surface area contributed by atoms with Gasteiger partial charge in [-0.1, -0.05) is 0 Å². The number of hydrogen-bond donors (Lipinski definition) is 1.